The summed E-state index contributed by atoms with van der Waals surface area (Å²) in [4.78, 5) is 14.1. The molecule has 2 fully saturated rings. The summed E-state index contributed by atoms with van der Waals surface area (Å²) in [5, 5.41) is 13.7. The molecule has 4 unspecified atom stereocenters. The van der Waals surface area contributed by atoms with Gasteiger partial charge in [0, 0.05) is 38.7 Å². The van der Waals surface area contributed by atoms with E-state index in [1.54, 1.807) is 4.90 Å². The number of nitrogens with one attached hydrogen (secondary N) is 1. The van der Waals surface area contributed by atoms with E-state index in [1.165, 1.54) is 7.11 Å². The third kappa shape index (κ3) is 5.86. The number of carbonyl (C=O) groups excluding carboxylic acids is 1. The first-order valence-electron chi connectivity index (χ1n) is 10.8. The third-order valence-electron chi connectivity index (χ3n) is 5.60. The topological polar surface area (TPSA) is 80.3 Å². The van der Waals surface area contributed by atoms with E-state index in [4.69, 9.17) is 14.2 Å². The summed E-state index contributed by atoms with van der Waals surface area (Å²) in [6.07, 6.45) is -0.502. The van der Waals surface area contributed by atoms with E-state index < -0.39 is 11.9 Å². The molecule has 1 saturated heterocycles. The van der Waals surface area contributed by atoms with Crippen LogP contribution in [0.1, 0.15) is 52.6 Å². The number of carbonyl (C=O) groups is 1. The number of piperidine rings is 1. The van der Waals surface area contributed by atoms with Gasteiger partial charge in [-0.15, -0.1) is 0 Å². The number of likely N-dealkylation sites (tertiary alicyclic amines) is 1. The van der Waals surface area contributed by atoms with Gasteiger partial charge < -0.3 is 29.5 Å². The van der Waals surface area contributed by atoms with Crippen LogP contribution in [0.3, 0.4) is 0 Å². The molecule has 1 aromatic carbocycles. The third-order valence-corrected chi connectivity index (χ3v) is 5.60. The summed E-state index contributed by atoms with van der Waals surface area (Å²) < 4.78 is 16.3. The molecule has 1 aromatic rings. The Morgan fingerprint density at radius 3 is 2.30 bits per heavy atom. The fourth-order valence-electron chi connectivity index (χ4n) is 4.13. The van der Waals surface area contributed by atoms with Crippen molar-refractivity contribution in [2.45, 2.75) is 71.1 Å². The van der Waals surface area contributed by atoms with Crippen molar-refractivity contribution in [1.29, 1.82) is 0 Å². The van der Waals surface area contributed by atoms with Gasteiger partial charge in [0.25, 0.3) is 0 Å². The Bertz CT molecular complexity index is 703. The van der Waals surface area contributed by atoms with Crippen LogP contribution in [0.2, 0.25) is 0 Å². The molecule has 0 spiro atoms. The molecule has 0 aromatic heterocycles. The van der Waals surface area contributed by atoms with Crippen LogP contribution in [0.25, 0.3) is 0 Å². The van der Waals surface area contributed by atoms with Gasteiger partial charge in [-0.2, -0.15) is 0 Å². The van der Waals surface area contributed by atoms with Gasteiger partial charge in [0.05, 0.1) is 6.10 Å². The number of aliphatic hydroxyl groups is 1. The number of rotatable bonds is 8. The highest BCUT2D eigenvalue weighted by molar-refractivity contribution is 5.69. The lowest BCUT2D eigenvalue weighted by Crippen LogP contribution is -2.40. The highest BCUT2D eigenvalue weighted by atomic mass is 16.6. The Morgan fingerprint density at radius 1 is 1.20 bits per heavy atom. The lowest BCUT2D eigenvalue weighted by atomic mass is 10.0. The summed E-state index contributed by atoms with van der Waals surface area (Å²) in [6, 6.07) is 8.26. The smallest absolute Gasteiger partial charge is 0.410 e. The number of methoxy groups -OCH3 is 1. The van der Waals surface area contributed by atoms with Gasteiger partial charge in [-0.25, -0.2) is 4.79 Å². The van der Waals surface area contributed by atoms with E-state index in [1.807, 2.05) is 58.9 Å². The van der Waals surface area contributed by atoms with Crippen LogP contribution in [0.15, 0.2) is 24.3 Å². The number of fused-ring (bicyclic) bond motifs is 1. The van der Waals surface area contributed by atoms with Crippen LogP contribution in [0, 0.1) is 11.8 Å². The number of ether oxygens (including phenoxy) is 3. The summed E-state index contributed by atoms with van der Waals surface area (Å²) in [6.45, 7) is 11.1. The second kappa shape index (κ2) is 9.12. The standard InChI is InChI=1S/C23H36N2O5/c1-14(2)29-16-9-7-15(8-10-16)19(11-20(26)28-6)24-21-17-12-25(13-18(17)21)22(27)30-23(3,4)5/h7-10,14,17-21,24,26H,11-13H2,1-6H3. The molecule has 2 aliphatic rings. The molecule has 7 nitrogen and oxygen atoms in total. The quantitative estimate of drug-likeness (QED) is 0.628. The van der Waals surface area contributed by atoms with Crippen LogP contribution in [-0.4, -0.2) is 60.3 Å². The van der Waals surface area contributed by atoms with Gasteiger partial charge >= 0.3 is 6.09 Å². The molecular formula is C23H36N2O5. The predicted molar refractivity (Wildman–Crippen MR) is 114 cm³/mol. The first-order valence-corrected chi connectivity index (χ1v) is 10.8. The average Bonchev–Trinajstić information content (AvgIpc) is 3.08. The zero-order chi connectivity index (χ0) is 22.1. The van der Waals surface area contributed by atoms with Gasteiger partial charge in [-0.3, -0.25) is 0 Å². The largest absolute Gasteiger partial charge is 0.491 e. The molecule has 30 heavy (non-hydrogen) atoms. The highest BCUT2D eigenvalue weighted by Gasteiger charge is 2.57. The fourth-order valence-corrected chi connectivity index (χ4v) is 4.13. The summed E-state index contributed by atoms with van der Waals surface area (Å²) in [5.41, 5.74) is 0.602. The average molecular weight is 421 g/mol. The minimum Gasteiger partial charge on any atom is -0.491 e. The van der Waals surface area contributed by atoms with Crippen molar-refractivity contribution >= 4 is 6.09 Å². The summed E-state index contributed by atoms with van der Waals surface area (Å²) in [7, 11) is 1.51. The minimum atomic E-state index is -0.842. The van der Waals surface area contributed by atoms with Gasteiger partial charge in [-0.1, -0.05) is 12.1 Å². The Kier molecular flexibility index (Phi) is 6.95. The molecule has 1 saturated carbocycles. The number of benzene rings is 1. The molecule has 1 aliphatic heterocycles. The summed E-state index contributed by atoms with van der Waals surface area (Å²) >= 11 is 0. The van der Waals surface area contributed by atoms with E-state index >= 15 is 0 Å². The SMILES string of the molecule is COC(O)CC(NC1C2CN(C(=O)OC(C)(C)C)CC21)c1ccc(OC(C)C)cc1. The van der Waals surface area contributed by atoms with Crippen molar-refractivity contribution in [3.05, 3.63) is 29.8 Å². The van der Waals surface area contributed by atoms with Crippen LogP contribution in [0.5, 0.6) is 5.75 Å². The Labute approximate surface area is 179 Å². The Hall–Kier alpha value is -1.83. The molecule has 7 heteroatoms. The van der Waals surface area contributed by atoms with E-state index in [2.05, 4.69) is 5.32 Å². The maximum Gasteiger partial charge on any atom is 0.410 e. The van der Waals surface area contributed by atoms with Gasteiger partial charge in [0.1, 0.15) is 11.4 Å². The van der Waals surface area contributed by atoms with E-state index in [0.717, 1.165) is 11.3 Å². The molecule has 168 valence electrons. The van der Waals surface area contributed by atoms with Crippen molar-refractivity contribution < 1.29 is 24.1 Å². The fraction of sp³-hybridized carbons (Fsp3) is 0.696. The number of aliphatic hydroxyl groups excluding tert-OH is 1. The van der Waals surface area contributed by atoms with Gasteiger partial charge in [0.15, 0.2) is 6.29 Å². The second-order valence-electron chi connectivity index (χ2n) is 9.62. The predicted octanol–water partition coefficient (Wildman–Crippen LogP) is 3.32. The lowest BCUT2D eigenvalue weighted by molar-refractivity contribution is -0.0839. The first kappa shape index (κ1) is 22.8. The number of amides is 1. The van der Waals surface area contributed by atoms with Crippen molar-refractivity contribution in [3.63, 3.8) is 0 Å². The van der Waals surface area contributed by atoms with Gasteiger partial charge in [0.2, 0.25) is 0 Å². The number of hydrogen-bond acceptors (Lipinski definition) is 6. The maximum atomic E-state index is 12.3. The first-order chi connectivity index (χ1) is 14.1. The van der Waals surface area contributed by atoms with E-state index in [9.17, 15) is 9.90 Å². The molecule has 3 rings (SSSR count). The zero-order valence-corrected chi connectivity index (χ0v) is 18.9. The van der Waals surface area contributed by atoms with Crippen LogP contribution >= 0.6 is 0 Å². The van der Waals surface area contributed by atoms with Crippen molar-refractivity contribution in [2.24, 2.45) is 11.8 Å². The highest BCUT2D eigenvalue weighted by Crippen LogP contribution is 2.47. The van der Waals surface area contributed by atoms with Crippen molar-refractivity contribution in [3.8, 4) is 5.75 Å². The maximum absolute atomic E-state index is 12.3. The molecule has 0 radical (unpaired) electrons. The molecule has 1 amide bonds. The monoisotopic (exact) mass is 420 g/mol. The van der Waals surface area contributed by atoms with E-state index in [0.29, 0.717) is 37.4 Å². The summed E-state index contributed by atoms with van der Waals surface area (Å²) in [5.74, 6) is 1.67. The molecule has 4 atom stereocenters. The molecule has 1 heterocycles. The number of nitrogens with zero attached hydrogens (tertiary/aromatic N) is 1. The molecule has 0 bridgehead atoms. The van der Waals surface area contributed by atoms with Gasteiger partial charge in [-0.05, 0) is 64.2 Å². The van der Waals surface area contributed by atoms with Crippen LogP contribution < -0.4 is 10.1 Å². The van der Waals surface area contributed by atoms with Crippen molar-refractivity contribution in [2.75, 3.05) is 20.2 Å². The van der Waals surface area contributed by atoms with Crippen molar-refractivity contribution in [1.82, 2.24) is 10.2 Å². The Morgan fingerprint density at radius 2 is 1.80 bits per heavy atom. The Balaban J connectivity index is 1.59. The normalized spacial score (nSPS) is 25.1. The lowest BCUT2D eigenvalue weighted by Gasteiger charge is -2.27. The van der Waals surface area contributed by atoms with Crippen LogP contribution in [-0.2, 0) is 9.47 Å². The van der Waals surface area contributed by atoms with E-state index in [-0.39, 0.29) is 18.2 Å². The minimum absolute atomic E-state index is 0.0429. The molecular weight excluding hydrogens is 384 g/mol. The zero-order valence-electron chi connectivity index (χ0n) is 18.9. The molecule has 1 aliphatic carbocycles. The number of hydrogen-bond donors (Lipinski definition) is 2. The van der Waals surface area contributed by atoms with Crippen LogP contribution in [0.4, 0.5) is 4.79 Å². The second-order valence-corrected chi connectivity index (χ2v) is 9.62. The molecule has 2 N–H and O–H groups in total.